The van der Waals surface area contributed by atoms with Crippen molar-refractivity contribution in [2.45, 2.75) is 13.0 Å². The fraction of sp³-hybridized carbons (Fsp3) is 0.231. The number of aromatic nitrogens is 4. The molecule has 0 aliphatic carbocycles. The van der Waals surface area contributed by atoms with Crippen molar-refractivity contribution in [3.8, 4) is 23.1 Å². The molecule has 0 bridgehead atoms. The second-order valence-electron chi connectivity index (χ2n) is 5.45. The van der Waals surface area contributed by atoms with Gasteiger partial charge in [-0.1, -0.05) is 16.8 Å². The van der Waals surface area contributed by atoms with E-state index in [0.717, 1.165) is 10.6 Å². The highest BCUT2D eigenvalue weighted by atomic mass is 35.5. The molecule has 0 aliphatic heterocycles. The standard InChI is InChI=1S/C13H12ClFN6O6S/c1-6(5-17-28(16,23)24)25-12-10(18-27-20-12)11-19-26-13(22)21(11)7-2-3-9(15)8(14)4-7/h2-4,6,17H,5H2,1H3,(H2,16,23,24)/t6-/m0/s1. The molecule has 1 aromatic carbocycles. The van der Waals surface area contributed by atoms with Crippen molar-refractivity contribution in [3.63, 3.8) is 0 Å². The lowest BCUT2D eigenvalue weighted by Crippen LogP contribution is -2.37. The average Bonchev–Trinajstić information content (AvgIpc) is 3.21. The lowest BCUT2D eigenvalue weighted by Gasteiger charge is -2.12. The van der Waals surface area contributed by atoms with Gasteiger partial charge in [-0.05, 0) is 35.4 Å². The molecule has 2 heterocycles. The Balaban J connectivity index is 1.93. The molecule has 3 rings (SSSR count). The third-order valence-corrected chi connectivity index (χ3v) is 4.18. The van der Waals surface area contributed by atoms with Crippen molar-refractivity contribution in [2.75, 3.05) is 6.54 Å². The lowest BCUT2D eigenvalue weighted by molar-refractivity contribution is 0.198. The Bertz CT molecular complexity index is 1160. The molecule has 28 heavy (non-hydrogen) atoms. The topological polar surface area (TPSA) is 168 Å². The van der Waals surface area contributed by atoms with E-state index in [1.54, 1.807) is 0 Å². The number of rotatable bonds is 7. The molecule has 0 aliphatic rings. The Labute approximate surface area is 161 Å². The molecule has 15 heteroatoms. The molecule has 0 amide bonds. The molecular weight excluding hydrogens is 423 g/mol. The van der Waals surface area contributed by atoms with Crippen molar-refractivity contribution < 1.29 is 26.7 Å². The summed E-state index contributed by atoms with van der Waals surface area (Å²) in [5, 5.41) is 15.4. The summed E-state index contributed by atoms with van der Waals surface area (Å²) in [6.45, 7) is 1.34. The molecule has 0 saturated carbocycles. The Hall–Kier alpha value is -2.81. The highest BCUT2D eigenvalue weighted by Gasteiger charge is 2.25. The fourth-order valence-electron chi connectivity index (χ4n) is 2.11. The second kappa shape index (κ2) is 7.67. The predicted octanol–water partition coefficient (Wildman–Crippen LogP) is 0.228. The highest BCUT2D eigenvalue weighted by molar-refractivity contribution is 7.87. The van der Waals surface area contributed by atoms with Gasteiger partial charge in [0.2, 0.25) is 11.5 Å². The van der Waals surface area contributed by atoms with Crippen LogP contribution < -0.4 is 20.4 Å². The van der Waals surface area contributed by atoms with Gasteiger partial charge in [-0.25, -0.2) is 23.5 Å². The minimum Gasteiger partial charge on any atom is -0.469 e. The summed E-state index contributed by atoms with van der Waals surface area (Å²) in [5.74, 6) is -1.94. The molecule has 3 N–H and O–H groups in total. The molecular formula is C13H12ClFN6O6S. The van der Waals surface area contributed by atoms with E-state index in [1.165, 1.54) is 19.1 Å². The first-order chi connectivity index (χ1) is 13.2. The molecule has 150 valence electrons. The van der Waals surface area contributed by atoms with E-state index >= 15 is 0 Å². The number of nitrogens with two attached hydrogens (primary N) is 1. The first-order valence-corrected chi connectivity index (χ1v) is 9.39. The van der Waals surface area contributed by atoms with Crippen molar-refractivity contribution in [1.29, 1.82) is 0 Å². The van der Waals surface area contributed by atoms with E-state index in [2.05, 4.69) is 29.3 Å². The van der Waals surface area contributed by atoms with E-state index < -0.39 is 27.9 Å². The minimum atomic E-state index is -3.91. The average molecular weight is 435 g/mol. The zero-order valence-corrected chi connectivity index (χ0v) is 15.6. The Kier molecular flexibility index (Phi) is 5.46. The largest absolute Gasteiger partial charge is 0.469 e. The van der Waals surface area contributed by atoms with Crippen molar-refractivity contribution >= 4 is 21.8 Å². The van der Waals surface area contributed by atoms with Crippen LogP contribution in [0, 0.1) is 5.82 Å². The summed E-state index contributed by atoms with van der Waals surface area (Å²) in [6.07, 6.45) is -0.740. The van der Waals surface area contributed by atoms with Gasteiger partial charge in [0.15, 0.2) is 0 Å². The van der Waals surface area contributed by atoms with Crippen molar-refractivity contribution in [1.82, 2.24) is 24.8 Å². The van der Waals surface area contributed by atoms with Crippen LogP contribution in [-0.2, 0) is 10.2 Å². The molecule has 0 saturated heterocycles. The van der Waals surface area contributed by atoms with Gasteiger partial charge >= 0.3 is 5.76 Å². The van der Waals surface area contributed by atoms with E-state index in [4.69, 9.17) is 21.5 Å². The molecule has 2 aromatic heterocycles. The molecule has 0 fully saturated rings. The van der Waals surface area contributed by atoms with E-state index in [0.29, 0.717) is 0 Å². The van der Waals surface area contributed by atoms with Crippen LogP contribution in [0.5, 0.6) is 5.88 Å². The van der Waals surface area contributed by atoms with Crippen LogP contribution in [0.25, 0.3) is 17.2 Å². The van der Waals surface area contributed by atoms with Crippen molar-refractivity contribution in [3.05, 3.63) is 39.6 Å². The number of nitrogens with one attached hydrogen (secondary N) is 1. The molecule has 1 atom stereocenters. The molecule has 3 aromatic rings. The quantitative estimate of drug-likeness (QED) is 0.528. The third-order valence-electron chi connectivity index (χ3n) is 3.32. The van der Waals surface area contributed by atoms with Crippen LogP contribution in [0.15, 0.2) is 32.1 Å². The summed E-state index contributed by atoms with van der Waals surface area (Å²) in [4.78, 5) is 12.1. The van der Waals surface area contributed by atoms with Gasteiger partial charge in [0.1, 0.15) is 11.9 Å². The minimum absolute atomic E-state index is 0.117. The van der Waals surface area contributed by atoms with Gasteiger partial charge in [-0.15, -0.1) is 0 Å². The molecule has 12 nitrogen and oxygen atoms in total. The van der Waals surface area contributed by atoms with Crippen LogP contribution >= 0.6 is 11.6 Å². The van der Waals surface area contributed by atoms with Crippen molar-refractivity contribution in [2.24, 2.45) is 5.14 Å². The predicted molar refractivity (Wildman–Crippen MR) is 91.6 cm³/mol. The summed E-state index contributed by atoms with van der Waals surface area (Å²) >= 11 is 5.75. The van der Waals surface area contributed by atoms with Crippen LogP contribution in [0.4, 0.5) is 4.39 Å². The summed E-state index contributed by atoms with van der Waals surface area (Å²) in [5.41, 5.74) is 0.0271. The van der Waals surface area contributed by atoms with E-state index in [9.17, 15) is 17.6 Å². The van der Waals surface area contributed by atoms with E-state index in [-0.39, 0.29) is 34.7 Å². The van der Waals surface area contributed by atoms with Gasteiger partial charge in [0.05, 0.1) is 10.7 Å². The number of halogens is 2. The molecule has 0 spiro atoms. The number of nitrogens with zero attached hydrogens (tertiary/aromatic N) is 4. The Morgan fingerprint density at radius 3 is 2.82 bits per heavy atom. The smallest absolute Gasteiger partial charge is 0.446 e. The third kappa shape index (κ3) is 4.36. The Morgan fingerprint density at radius 2 is 2.14 bits per heavy atom. The Morgan fingerprint density at radius 1 is 1.39 bits per heavy atom. The van der Waals surface area contributed by atoms with Gasteiger partial charge in [0.25, 0.3) is 16.1 Å². The monoisotopic (exact) mass is 434 g/mol. The zero-order chi connectivity index (χ0) is 20.5. The van der Waals surface area contributed by atoms with Crippen LogP contribution in [-0.4, -0.2) is 41.1 Å². The first-order valence-electron chi connectivity index (χ1n) is 7.47. The van der Waals surface area contributed by atoms with Gasteiger partial charge < -0.3 is 4.74 Å². The lowest BCUT2D eigenvalue weighted by atomic mass is 10.3. The number of hydrogen-bond acceptors (Lipinski definition) is 9. The summed E-state index contributed by atoms with van der Waals surface area (Å²) < 4.78 is 53.0. The highest BCUT2D eigenvalue weighted by Crippen LogP contribution is 2.27. The number of hydrogen-bond donors (Lipinski definition) is 2. The van der Waals surface area contributed by atoms with Crippen LogP contribution in [0.2, 0.25) is 5.02 Å². The molecule has 0 unspecified atom stereocenters. The first kappa shape index (κ1) is 19.9. The van der Waals surface area contributed by atoms with Crippen LogP contribution in [0.1, 0.15) is 6.92 Å². The SMILES string of the molecule is C[C@@H](CNS(N)(=O)=O)Oc1nonc1-c1noc(=O)n1-c1ccc(F)c(Cl)c1. The zero-order valence-electron chi connectivity index (χ0n) is 14.0. The van der Waals surface area contributed by atoms with E-state index in [1.807, 2.05) is 0 Å². The van der Waals surface area contributed by atoms with Crippen LogP contribution in [0.3, 0.4) is 0 Å². The maximum atomic E-state index is 13.4. The molecule has 0 radical (unpaired) electrons. The summed E-state index contributed by atoms with van der Waals surface area (Å²) in [6, 6.07) is 3.52. The van der Waals surface area contributed by atoms with Gasteiger partial charge in [0, 0.05) is 6.54 Å². The second-order valence-corrected chi connectivity index (χ2v) is 7.23. The van der Waals surface area contributed by atoms with Gasteiger partial charge in [-0.2, -0.15) is 13.1 Å². The normalized spacial score (nSPS) is 12.9. The number of ether oxygens (including phenoxy) is 1. The summed E-state index contributed by atoms with van der Waals surface area (Å²) in [7, 11) is -3.91. The fourth-order valence-corrected chi connectivity index (χ4v) is 2.75. The van der Waals surface area contributed by atoms with Gasteiger partial charge in [-0.3, -0.25) is 4.52 Å². The maximum absolute atomic E-state index is 13.4. The maximum Gasteiger partial charge on any atom is 0.446 e. The number of benzene rings is 1.